The molecule has 0 aliphatic heterocycles. The van der Waals surface area contributed by atoms with Crippen LogP contribution in [0.15, 0.2) is 42.5 Å². The van der Waals surface area contributed by atoms with Crippen molar-refractivity contribution < 1.29 is 27.0 Å². The Kier molecular flexibility index (Phi) is 5.10. The van der Waals surface area contributed by atoms with Crippen LogP contribution in [0.25, 0.3) is 0 Å². The molecule has 0 spiro atoms. The molecule has 2 aromatic carbocycles. The van der Waals surface area contributed by atoms with Crippen LogP contribution in [-0.2, 0) is 15.6 Å². The van der Waals surface area contributed by atoms with E-state index in [0.29, 0.717) is 0 Å². The van der Waals surface area contributed by atoms with Crippen molar-refractivity contribution >= 4 is 9.84 Å². The van der Waals surface area contributed by atoms with E-state index in [9.17, 15) is 17.2 Å². The predicted molar refractivity (Wildman–Crippen MR) is 77.5 cm³/mol. The molecule has 0 radical (unpaired) electrons. The number of halogens is 2. The summed E-state index contributed by atoms with van der Waals surface area (Å²) in [7, 11) is -3.50. The lowest BCUT2D eigenvalue weighted by molar-refractivity contribution is 0.319. The highest BCUT2D eigenvalue weighted by Crippen LogP contribution is 2.27. The molecule has 0 saturated carbocycles. The Balaban J connectivity index is 2.18. The van der Waals surface area contributed by atoms with Gasteiger partial charge in [0.2, 0.25) is 0 Å². The number of hydrogen-bond donors (Lipinski definition) is 1. The van der Waals surface area contributed by atoms with E-state index in [1.165, 1.54) is 30.3 Å². The highest BCUT2D eigenvalue weighted by atomic mass is 32.2. The first-order valence-electron chi connectivity index (χ1n) is 6.43. The molecule has 0 bridgehead atoms. The number of benzene rings is 2. The van der Waals surface area contributed by atoms with Gasteiger partial charge in [0.15, 0.2) is 33.0 Å². The van der Waals surface area contributed by atoms with Crippen molar-refractivity contribution in [1.29, 1.82) is 0 Å². The van der Waals surface area contributed by atoms with E-state index in [4.69, 9.17) is 9.84 Å². The molecule has 0 atom stereocenters. The lowest BCUT2D eigenvalue weighted by Crippen LogP contribution is -2.12. The lowest BCUT2D eigenvalue weighted by atomic mass is 10.2. The van der Waals surface area contributed by atoms with E-state index in [1.807, 2.05) is 0 Å². The molecule has 4 nitrogen and oxygen atoms in total. The first kappa shape index (κ1) is 16.4. The van der Waals surface area contributed by atoms with E-state index >= 15 is 0 Å². The number of aliphatic hydroxyl groups excluding tert-OH is 1. The van der Waals surface area contributed by atoms with Crippen LogP contribution in [0.2, 0.25) is 0 Å². The van der Waals surface area contributed by atoms with Gasteiger partial charge in [-0.15, -0.1) is 0 Å². The summed E-state index contributed by atoms with van der Waals surface area (Å²) in [6.45, 7) is -0.487. The van der Waals surface area contributed by atoms with Gasteiger partial charge in [0.1, 0.15) is 0 Å². The number of para-hydroxylation sites is 1. The van der Waals surface area contributed by atoms with Gasteiger partial charge in [0.25, 0.3) is 0 Å². The number of ether oxygens (including phenoxy) is 1. The summed E-state index contributed by atoms with van der Waals surface area (Å²) in [4.78, 5) is 0. The third kappa shape index (κ3) is 4.25. The first-order valence-corrected chi connectivity index (χ1v) is 8.25. The summed E-state index contributed by atoms with van der Waals surface area (Å²) >= 11 is 0. The molecule has 7 heteroatoms. The maximum atomic E-state index is 13.9. The van der Waals surface area contributed by atoms with Gasteiger partial charge in [0.05, 0.1) is 18.1 Å². The maximum absolute atomic E-state index is 13.9. The molecule has 118 valence electrons. The van der Waals surface area contributed by atoms with Gasteiger partial charge < -0.3 is 9.84 Å². The van der Waals surface area contributed by atoms with Crippen molar-refractivity contribution in [2.24, 2.45) is 0 Å². The minimum Gasteiger partial charge on any atom is -0.451 e. The maximum Gasteiger partial charge on any atom is 0.166 e. The van der Waals surface area contributed by atoms with Gasteiger partial charge >= 0.3 is 0 Å². The molecule has 0 aromatic heterocycles. The molecule has 2 aromatic rings. The van der Waals surface area contributed by atoms with Gasteiger partial charge in [-0.05, 0) is 29.8 Å². The Hall–Kier alpha value is -1.99. The fourth-order valence-electron chi connectivity index (χ4n) is 1.83. The van der Waals surface area contributed by atoms with Crippen molar-refractivity contribution in [1.82, 2.24) is 0 Å². The molecule has 1 N–H and O–H groups in total. The third-order valence-corrected chi connectivity index (χ3v) is 4.42. The zero-order chi connectivity index (χ0) is 16.2. The molecular formula is C15H14F2O4S. The SMILES string of the molecule is O=S(=O)(CCO)Cc1ccc(Oc2ccccc2F)c(F)c1. The van der Waals surface area contributed by atoms with E-state index in [1.54, 1.807) is 6.07 Å². The standard InChI is InChI=1S/C15H14F2O4S/c16-12-3-1-2-4-14(12)21-15-6-5-11(9-13(15)17)10-22(19,20)8-7-18/h1-6,9,18H,7-8,10H2. The molecular weight excluding hydrogens is 314 g/mol. The zero-order valence-electron chi connectivity index (χ0n) is 11.5. The highest BCUT2D eigenvalue weighted by Gasteiger charge is 2.14. The van der Waals surface area contributed by atoms with Crippen LogP contribution in [0, 0.1) is 11.6 Å². The van der Waals surface area contributed by atoms with Crippen molar-refractivity contribution in [3.05, 3.63) is 59.7 Å². The molecule has 0 amide bonds. The van der Waals surface area contributed by atoms with E-state index in [0.717, 1.165) is 6.07 Å². The summed E-state index contributed by atoms with van der Waals surface area (Å²) in [6.07, 6.45) is 0. The molecule has 0 unspecified atom stereocenters. The molecule has 0 fully saturated rings. The first-order chi connectivity index (χ1) is 10.4. The van der Waals surface area contributed by atoms with Gasteiger partial charge in [0, 0.05) is 0 Å². The second kappa shape index (κ2) is 6.85. The van der Waals surface area contributed by atoms with Crippen molar-refractivity contribution in [3.8, 4) is 11.5 Å². The van der Waals surface area contributed by atoms with Gasteiger partial charge in [-0.3, -0.25) is 0 Å². The Labute approximate surface area is 126 Å². The van der Waals surface area contributed by atoms with Crippen molar-refractivity contribution in [2.75, 3.05) is 12.4 Å². The predicted octanol–water partition coefficient (Wildman–Crippen LogP) is 2.66. The van der Waals surface area contributed by atoms with E-state index in [2.05, 4.69) is 0 Å². The molecule has 0 aliphatic rings. The van der Waals surface area contributed by atoms with Gasteiger partial charge in [-0.2, -0.15) is 0 Å². The quantitative estimate of drug-likeness (QED) is 0.885. The Morgan fingerprint density at radius 3 is 2.32 bits per heavy atom. The molecule has 22 heavy (non-hydrogen) atoms. The zero-order valence-corrected chi connectivity index (χ0v) is 12.3. The van der Waals surface area contributed by atoms with Crippen LogP contribution in [0.4, 0.5) is 8.78 Å². The van der Waals surface area contributed by atoms with Gasteiger partial charge in [-0.25, -0.2) is 17.2 Å². The number of aliphatic hydroxyl groups is 1. The summed E-state index contributed by atoms with van der Waals surface area (Å²) < 4.78 is 55.7. The topological polar surface area (TPSA) is 63.6 Å². The number of sulfone groups is 1. The lowest BCUT2D eigenvalue weighted by Gasteiger charge is -2.09. The number of rotatable bonds is 6. The summed E-state index contributed by atoms with van der Waals surface area (Å²) in [5.41, 5.74) is 0.229. The van der Waals surface area contributed by atoms with Gasteiger partial charge in [-0.1, -0.05) is 18.2 Å². The minimum atomic E-state index is -3.50. The Morgan fingerprint density at radius 1 is 1.00 bits per heavy atom. The fraction of sp³-hybridized carbons (Fsp3) is 0.200. The summed E-state index contributed by atoms with van der Waals surface area (Å²) in [6, 6.07) is 9.21. The average molecular weight is 328 g/mol. The van der Waals surface area contributed by atoms with Crippen LogP contribution >= 0.6 is 0 Å². The Morgan fingerprint density at radius 2 is 1.68 bits per heavy atom. The highest BCUT2D eigenvalue weighted by molar-refractivity contribution is 7.90. The number of hydrogen-bond acceptors (Lipinski definition) is 4. The van der Waals surface area contributed by atoms with E-state index in [-0.39, 0.29) is 28.6 Å². The summed E-state index contributed by atoms with van der Waals surface area (Å²) in [5.74, 6) is -2.51. The normalized spacial score (nSPS) is 11.4. The largest absolute Gasteiger partial charge is 0.451 e. The average Bonchev–Trinajstić information content (AvgIpc) is 2.43. The molecule has 0 heterocycles. The fourth-order valence-corrected chi connectivity index (χ4v) is 2.94. The van der Waals surface area contributed by atoms with Crippen molar-refractivity contribution in [2.45, 2.75) is 5.75 Å². The van der Waals surface area contributed by atoms with E-state index < -0.39 is 28.1 Å². The monoisotopic (exact) mass is 328 g/mol. The molecule has 0 aliphatic carbocycles. The second-order valence-electron chi connectivity index (χ2n) is 4.61. The van der Waals surface area contributed by atoms with Crippen LogP contribution in [-0.4, -0.2) is 25.9 Å². The van der Waals surface area contributed by atoms with Crippen LogP contribution < -0.4 is 4.74 Å². The van der Waals surface area contributed by atoms with Crippen molar-refractivity contribution in [3.63, 3.8) is 0 Å². The summed E-state index contributed by atoms with van der Waals surface area (Å²) in [5, 5.41) is 8.66. The Bertz CT molecular complexity index is 760. The third-order valence-electron chi connectivity index (χ3n) is 2.84. The molecule has 0 saturated heterocycles. The van der Waals surface area contributed by atoms with Crippen LogP contribution in [0.5, 0.6) is 11.5 Å². The minimum absolute atomic E-state index is 0.123. The molecule has 2 rings (SSSR count). The second-order valence-corrected chi connectivity index (χ2v) is 6.80. The van der Waals surface area contributed by atoms with Crippen LogP contribution in [0.3, 0.4) is 0 Å². The smallest absolute Gasteiger partial charge is 0.166 e. The van der Waals surface area contributed by atoms with Crippen LogP contribution in [0.1, 0.15) is 5.56 Å².